The smallest absolute Gasteiger partial charge is 0.220 e. The van der Waals surface area contributed by atoms with Crippen molar-refractivity contribution >= 4 is 5.91 Å². The Morgan fingerprint density at radius 2 is 2.05 bits per heavy atom. The highest BCUT2D eigenvalue weighted by Gasteiger charge is 2.33. The molecule has 0 bridgehead atoms. The van der Waals surface area contributed by atoms with Crippen molar-refractivity contribution < 1.29 is 9.53 Å². The van der Waals surface area contributed by atoms with E-state index < -0.39 is 0 Å². The van der Waals surface area contributed by atoms with Gasteiger partial charge in [0.15, 0.2) is 0 Å². The minimum atomic E-state index is 0.176. The van der Waals surface area contributed by atoms with Crippen LogP contribution in [-0.2, 0) is 4.79 Å². The van der Waals surface area contributed by atoms with E-state index in [4.69, 9.17) is 4.74 Å². The molecule has 1 aromatic carbocycles. The third kappa shape index (κ3) is 3.98. The molecule has 3 heteroatoms. The summed E-state index contributed by atoms with van der Waals surface area (Å²) in [6.45, 7) is 2.11. The number of rotatable bonds is 7. The fourth-order valence-corrected chi connectivity index (χ4v) is 2.30. The molecule has 1 unspecified atom stereocenters. The van der Waals surface area contributed by atoms with Gasteiger partial charge in [-0.1, -0.05) is 25.5 Å². The van der Waals surface area contributed by atoms with E-state index in [1.165, 1.54) is 18.4 Å². The predicted molar refractivity (Wildman–Crippen MR) is 76.1 cm³/mol. The molecule has 1 aromatic rings. The van der Waals surface area contributed by atoms with E-state index in [2.05, 4.69) is 24.4 Å². The van der Waals surface area contributed by atoms with E-state index in [1.54, 1.807) is 7.11 Å². The zero-order chi connectivity index (χ0) is 13.7. The Labute approximate surface area is 115 Å². The molecule has 1 N–H and O–H groups in total. The van der Waals surface area contributed by atoms with Crippen LogP contribution in [0.3, 0.4) is 0 Å². The number of carbonyl (C=O) groups excluding carboxylic acids is 1. The van der Waals surface area contributed by atoms with Gasteiger partial charge in [-0.2, -0.15) is 0 Å². The third-order valence-corrected chi connectivity index (χ3v) is 3.64. The molecule has 1 fully saturated rings. The molecule has 1 atom stereocenters. The monoisotopic (exact) mass is 261 g/mol. The molecule has 0 aromatic heterocycles. The van der Waals surface area contributed by atoms with E-state index in [9.17, 15) is 4.79 Å². The van der Waals surface area contributed by atoms with Crippen LogP contribution in [0.2, 0.25) is 0 Å². The fourth-order valence-electron chi connectivity index (χ4n) is 2.30. The number of hydrogen-bond donors (Lipinski definition) is 1. The van der Waals surface area contributed by atoms with Crippen LogP contribution in [0, 0.1) is 5.92 Å². The number of benzene rings is 1. The highest BCUT2D eigenvalue weighted by atomic mass is 16.5. The Balaban J connectivity index is 2.00. The van der Waals surface area contributed by atoms with Crippen molar-refractivity contribution in [2.75, 3.05) is 7.11 Å². The van der Waals surface area contributed by atoms with E-state index in [0.717, 1.165) is 18.6 Å². The lowest BCUT2D eigenvalue weighted by Gasteiger charge is -2.19. The normalized spacial score (nSPS) is 15.9. The standard InChI is InChI=1S/C16H23NO2/c1-3-4-5-15(18)17-16(12-6-7-12)13-8-10-14(19-2)11-9-13/h8-12,16H,3-7H2,1-2H3,(H,17,18). The van der Waals surface area contributed by atoms with Crippen LogP contribution in [0.15, 0.2) is 24.3 Å². The number of ether oxygens (including phenoxy) is 1. The molecule has 0 heterocycles. The lowest BCUT2D eigenvalue weighted by molar-refractivity contribution is -0.122. The van der Waals surface area contributed by atoms with Gasteiger partial charge >= 0.3 is 0 Å². The second-order valence-electron chi connectivity index (χ2n) is 5.26. The van der Waals surface area contributed by atoms with E-state index in [-0.39, 0.29) is 11.9 Å². The third-order valence-electron chi connectivity index (χ3n) is 3.64. The first-order valence-corrected chi connectivity index (χ1v) is 7.18. The summed E-state index contributed by atoms with van der Waals surface area (Å²) in [4.78, 5) is 11.9. The summed E-state index contributed by atoms with van der Waals surface area (Å²) in [7, 11) is 1.67. The lowest BCUT2D eigenvalue weighted by atomic mass is 10.0. The molecule has 0 saturated heterocycles. The summed E-state index contributed by atoms with van der Waals surface area (Å²) in [6, 6.07) is 8.21. The van der Waals surface area contributed by atoms with Gasteiger partial charge in [-0.15, -0.1) is 0 Å². The molecule has 1 aliphatic carbocycles. The van der Waals surface area contributed by atoms with Gasteiger partial charge in [0.2, 0.25) is 5.91 Å². The van der Waals surface area contributed by atoms with Crippen LogP contribution in [0.4, 0.5) is 0 Å². The maximum absolute atomic E-state index is 11.9. The summed E-state index contributed by atoms with van der Waals surface area (Å²) in [5, 5.41) is 3.19. The van der Waals surface area contributed by atoms with Crippen LogP contribution >= 0.6 is 0 Å². The van der Waals surface area contributed by atoms with Crippen LogP contribution in [-0.4, -0.2) is 13.0 Å². The van der Waals surface area contributed by atoms with Crippen molar-refractivity contribution in [1.82, 2.24) is 5.32 Å². The average molecular weight is 261 g/mol. The summed E-state index contributed by atoms with van der Waals surface area (Å²) in [5.41, 5.74) is 1.19. The molecular formula is C16H23NO2. The zero-order valence-corrected chi connectivity index (χ0v) is 11.8. The van der Waals surface area contributed by atoms with Crippen molar-refractivity contribution in [2.45, 2.75) is 45.1 Å². The molecular weight excluding hydrogens is 238 g/mol. The first-order chi connectivity index (χ1) is 9.24. The van der Waals surface area contributed by atoms with Crippen molar-refractivity contribution in [3.63, 3.8) is 0 Å². The van der Waals surface area contributed by atoms with Crippen LogP contribution in [0.25, 0.3) is 0 Å². The van der Waals surface area contributed by atoms with Crippen LogP contribution < -0.4 is 10.1 Å². The Bertz CT molecular complexity index is 409. The minimum Gasteiger partial charge on any atom is -0.497 e. The highest BCUT2D eigenvalue weighted by Crippen LogP contribution is 2.41. The zero-order valence-electron chi connectivity index (χ0n) is 11.8. The van der Waals surface area contributed by atoms with Crippen molar-refractivity contribution in [1.29, 1.82) is 0 Å². The molecule has 1 amide bonds. The van der Waals surface area contributed by atoms with Gasteiger partial charge in [0.25, 0.3) is 0 Å². The quantitative estimate of drug-likeness (QED) is 0.816. The summed E-state index contributed by atoms with van der Waals surface area (Å²) in [6.07, 6.45) is 5.08. The topological polar surface area (TPSA) is 38.3 Å². The number of methoxy groups -OCH3 is 1. The van der Waals surface area contributed by atoms with Gasteiger partial charge in [-0.25, -0.2) is 0 Å². The van der Waals surface area contributed by atoms with Gasteiger partial charge < -0.3 is 10.1 Å². The van der Waals surface area contributed by atoms with E-state index in [1.807, 2.05) is 12.1 Å². The second kappa shape index (κ2) is 6.60. The van der Waals surface area contributed by atoms with E-state index in [0.29, 0.717) is 12.3 Å². The maximum Gasteiger partial charge on any atom is 0.220 e. The van der Waals surface area contributed by atoms with Crippen molar-refractivity contribution in [3.05, 3.63) is 29.8 Å². The molecule has 104 valence electrons. The Hall–Kier alpha value is -1.51. The molecule has 0 spiro atoms. The summed E-state index contributed by atoms with van der Waals surface area (Å²) in [5.74, 6) is 1.64. The Kier molecular flexibility index (Phi) is 4.83. The second-order valence-corrected chi connectivity index (χ2v) is 5.26. The Morgan fingerprint density at radius 1 is 1.37 bits per heavy atom. The molecule has 1 saturated carbocycles. The predicted octanol–water partition coefficient (Wildman–Crippen LogP) is 3.45. The number of hydrogen-bond acceptors (Lipinski definition) is 2. The molecule has 1 aliphatic rings. The van der Waals surface area contributed by atoms with Gasteiger partial charge in [-0.05, 0) is 42.9 Å². The fraction of sp³-hybridized carbons (Fsp3) is 0.562. The molecule has 0 radical (unpaired) electrons. The summed E-state index contributed by atoms with van der Waals surface area (Å²) < 4.78 is 5.17. The van der Waals surface area contributed by atoms with Gasteiger partial charge in [0, 0.05) is 6.42 Å². The minimum absolute atomic E-state index is 0.176. The maximum atomic E-state index is 11.9. The van der Waals surface area contributed by atoms with Crippen molar-refractivity contribution in [3.8, 4) is 5.75 Å². The Morgan fingerprint density at radius 3 is 2.58 bits per heavy atom. The molecule has 3 nitrogen and oxygen atoms in total. The number of unbranched alkanes of at least 4 members (excludes halogenated alkanes) is 1. The van der Waals surface area contributed by atoms with E-state index >= 15 is 0 Å². The molecule has 19 heavy (non-hydrogen) atoms. The van der Waals surface area contributed by atoms with Crippen LogP contribution in [0.5, 0.6) is 5.75 Å². The number of carbonyl (C=O) groups is 1. The van der Waals surface area contributed by atoms with Gasteiger partial charge in [-0.3, -0.25) is 4.79 Å². The van der Waals surface area contributed by atoms with Gasteiger partial charge in [0.1, 0.15) is 5.75 Å². The average Bonchev–Trinajstić information content (AvgIpc) is 3.27. The first kappa shape index (κ1) is 13.9. The first-order valence-electron chi connectivity index (χ1n) is 7.18. The number of amides is 1. The lowest BCUT2D eigenvalue weighted by Crippen LogP contribution is -2.29. The van der Waals surface area contributed by atoms with Crippen LogP contribution in [0.1, 0.15) is 50.6 Å². The molecule has 2 rings (SSSR count). The van der Waals surface area contributed by atoms with Gasteiger partial charge in [0.05, 0.1) is 13.2 Å². The summed E-state index contributed by atoms with van der Waals surface area (Å²) >= 11 is 0. The molecule has 0 aliphatic heterocycles. The van der Waals surface area contributed by atoms with Crippen molar-refractivity contribution in [2.24, 2.45) is 5.92 Å². The number of nitrogens with one attached hydrogen (secondary N) is 1. The highest BCUT2D eigenvalue weighted by molar-refractivity contribution is 5.76. The SMILES string of the molecule is CCCCC(=O)NC(c1ccc(OC)cc1)C1CC1. The largest absolute Gasteiger partial charge is 0.497 e.